The fraction of sp³-hybridized carbons (Fsp3) is 0.250. The smallest absolute Gasteiger partial charge is 0.277 e. The lowest BCUT2D eigenvalue weighted by atomic mass is 10.2. The largest absolute Gasteiger partial charge is 0.395 e. The highest BCUT2D eigenvalue weighted by Gasteiger charge is 2.18. The highest BCUT2D eigenvalue weighted by Crippen LogP contribution is 2.19. The topological polar surface area (TPSA) is 85.8 Å². The van der Waals surface area contributed by atoms with Gasteiger partial charge in [0, 0.05) is 17.7 Å². The molecule has 0 aliphatic heterocycles. The molecule has 0 radical (unpaired) electrons. The zero-order valence-corrected chi connectivity index (χ0v) is 12.4. The van der Waals surface area contributed by atoms with Crippen molar-refractivity contribution in [3.8, 4) is 0 Å². The number of nitrogens with one attached hydrogen (secondary N) is 1. The van der Waals surface area contributed by atoms with Crippen LogP contribution in [0.3, 0.4) is 0 Å². The second kappa shape index (κ2) is 5.00. The van der Waals surface area contributed by atoms with Gasteiger partial charge in [0.1, 0.15) is 11.5 Å². The molecule has 2 aromatic rings. The third-order valence-corrected chi connectivity index (χ3v) is 3.60. The zero-order chi connectivity index (χ0) is 14.2. The van der Waals surface area contributed by atoms with Crippen molar-refractivity contribution in [1.29, 1.82) is 0 Å². The predicted molar refractivity (Wildman–Crippen MR) is 77.0 cm³/mol. The summed E-state index contributed by atoms with van der Waals surface area (Å²) >= 11 is 3.36. The third-order valence-electron chi connectivity index (χ3n) is 2.77. The van der Waals surface area contributed by atoms with Crippen LogP contribution in [0, 0.1) is 13.8 Å². The van der Waals surface area contributed by atoms with Crippen molar-refractivity contribution in [2.24, 2.45) is 7.05 Å². The molecule has 2 rings (SSSR count). The number of carbonyl (C=O) groups is 1. The van der Waals surface area contributed by atoms with Crippen molar-refractivity contribution in [2.45, 2.75) is 13.8 Å². The summed E-state index contributed by atoms with van der Waals surface area (Å²) in [4.78, 5) is 16.3. The highest BCUT2D eigenvalue weighted by atomic mass is 79.9. The number of carbonyl (C=O) groups excluding carboxylic acids is 1. The number of hydrogen-bond donors (Lipinski definition) is 2. The molecule has 0 atom stereocenters. The number of nitrogen functional groups attached to an aromatic ring is 1. The summed E-state index contributed by atoms with van der Waals surface area (Å²) in [6.07, 6.45) is 1.64. The molecule has 0 unspecified atom stereocenters. The van der Waals surface area contributed by atoms with Crippen LogP contribution in [0.15, 0.2) is 16.7 Å². The summed E-state index contributed by atoms with van der Waals surface area (Å²) in [5, 5.41) is 6.82. The number of amides is 1. The Bertz CT molecular complexity index is 650. The van der Waals surface area contributed by atoms with Crippen LogP contribution in [0.25, 0.3) is 0 Å². The Kier molecular flexibility index (Phi) is 3.57. The number of hydrogen-bond acceptors (Lipinski definition) is 4. The molecular formula is C12H14BrN5O. The molecule has 0 saturated carbocycles. The Balaban J connectivity index is 2.28. The normalized spacial score (nSPS) is 10.5. The van der Waals surface area contributed by atoms with E-state index in [4.69, 9.17) is 5.73 Å². The summed E-state index contributed by atoms with van der Waals surface area (Å²) in [6.45, 7) is 3.68. The summed E-state index contributed by atoms with van der Waals surface area (Å²) in [5.74, 6) is 0.152. The Labute approximate surface area is 119 Å². The van der Waals surface area contributed by atoms with E-state index in [1.54, 1.807) is 26.2 Å². The number of rotatable bonds is 2. The maximum atomic E-state index is 12.2. The van der Waals surface area contributed by atoms with Crippen molar-refractivity contribution in [3.63, 3.8) is 0 Å². The van der Waals surface area contributed by atoms with Gasteiger partial charge in [-0.15, -0.1) is 0 Å². The number of halogens is 1. The molecular weight excluding hydrogens is 310 g/mol. The lowest BCUT2D eigenvalue weighted by Crippen LogP contribution is -2.18. The van der Waals surface area contributed by atoms with E-state index in [2.05, 4.69) is 31.3 Å². The van der Waals surface area contributed by atoms with Crippen molar-refractivity contribution in [3.05, 3.63) is 33.7 Å². The number of pyridine rings is 1. The summed E-state index contributed by atoms with van der Waals surface area (Å²) in [7, 11) is 1.68. The summed E-state index contributed by atoms with van der Waals surface area (Å²) in [6, 6.07) is 1.78. The van der Waals surface area contributed by atoms with Crippen LogP contribution in [0.4, 0.5) is 11.5 Å². The van der Waals surface area contributed by atoms with Crippen LogP contribution in [-0.2, 0) is 7.05 Å². The monoisotopic (exact) mass is 323 g/mol. The molecule has 0 aliphatic carbocycles. The molecule has 0 fully saturated rings. The standard InChI is InChI=1S/C12H14BrN5O/c1-6-4-9(15-5-8(6)13)16-12(19)11-10(14)7(2)17-18(11)3/h4-5H,14H2,1-3H3,(H,15,16,19). The fourth-order valence-electron chi connectivity index (χ4n) is 1.73. The first-order valence-electron chi connectivity index (χ1n) is 5.62. The maximum Gasteiger partial charge on any atom is 0.277 e. The minimum atomic E-state index is -0.324. The van der Waals surface area contributed by atoms with Crippen molar-refractivity contribution in [1.82, 2.24) is 14.8 Å². The molecule has 100 valence electrons. The van der Waals surface area contributed by atoms with Crippen LogP contribution in [-0.4, -0.2) is 20.7 Å². The van der Waals surface area contributed by atoms with Gasteiger partial charge in [0.25, 0.3) is 5.91 Å². The van der Waals surface area contributed by atoms with Crippen molar-refractivity contribution < 1.29 is 4.79 Å². The van der Waals surface area contributed by atoms with Gasteiger partial charge in [0.2, 0.25) is 0 Å². The van der Waals surface area contributed by atoms with Crippen molar-refractivity contribution >= 4 is 33.3 Å². The average molecular weight is 324 g/mol. The first-order valence-corrected chi connectivity index (χ1v) is 6.42. The zero-order valence-electron chi connectivity index (χ0n) is 10.9. The van der Waals surface area contributed by atoms with E-state index in [0.29, 0.717) is 22.9 Å². The minimum Gasteiger partial charge on any atom is -0.395 e. The molecule has 0 aliphatic rings. The number of nitrogens with zero attached hydrogens (tertiary/aromatic N) is 3. The molecule has 6 nitrogen and oxygen atoms in total. The van der Waals surface area contributed by atoms with Gasteiger partial charge in [-0.2, -0.15) is 5.10 Å². The first-order chi connectivity index (χ1) is 8.90. The second-order valence-electron chi connectivity index (χ2n) is 4.24. The number of aryl methyl sites for hydroxylation is 3. The van der Waals surface area contributed by atoms with E-state index in [0.717, 1.165) is 10.0 Å². The Morgan fingerprint density at radius 3 is 2.68 bits per heavy atom. The second-order valence-corrected chi connectivity index (χ2v) is 5.10. The van der Waals surface area contributed by atoms with Crippen molar-refractivity contribution in [2.75, 3.05) is 11.1 Å². The molecule has 2 heterocycles. The van der Waals surface area contributed by atoms with Crippen LogP contribution >= 0.6 is 15.9 Å². The van der Waals surface area contributed by atoms with E-state index in [-0.39, 0.29) is 5.91 Å². The van der Waals surface area contributed by atoms with Gasteiger partial charge in [0.15, 0.2) is 0 Å². The number of aromatic nitrogens is 3. The molecule has 0 saturated heterocycles. The van der Waals surface area contributed by atoms with Gasteiger partial charge >= 0.3 is 0 Å². The first kappa shape index (κ1) is 13.5. The summed E-state index contributed by atoms with van der Waals surface area (Å²) in [5.41, 5.74) is 8.17. The number of anilines is 2. The molecule has 2 aromatic heterocycles. The maximum absolute atomic E-state index is 12.2. The molecule has 1 amide bonds. The van der Waals surface area contributed by atoms with E-state index in [9.17, 15) is 4.79 Å². The molecule has 0 bridgehead atoms. The average Bonchev–Trinajstić information content (AvgIpc) is 2.58. The molecule has 3 N–H and O–H groups in total. The van der Waals surface area contributed by atoms with Gasteiger partial charge in [-0.05, 0) is 41.4 Å². The molecule has 19 heavy (non-hydrogen) atoms. The third kappa shape index (κ3) is 2.60. The van der Waals surface area contributed by atoms with E-state index < -0.39 is 0 Å². The van der Waals surface area contributed by atoms with Gasteiger partial charge in [-0.25, -0.2) is 4.98 Å². The lowest BCUT2D eigenvalue weighted by Gasteiger charge is -2.07. The fourth-order valence-corrected chi connectivity index (χ4v) is 1.94. The number of nitrogens with two attached hydrogens (primary N) is 1. The van der Waals surface area contributed by atoms with Gasteiger partial charge < -0.3 is 11.1 Å². The van der Waals surface area contributed by atoms with Gasteiger partial charge in [-0.3, -0.25) is 9.48 Å². The van der Waals surface area contributed by atoms with Crippen LogP contribution in [0.2, 0.25) is 0 Å². The minimum absolute atomic E-state index is 0.324. The quantitative estimate of drug-likeness (QED) is 0.885. The van der Waals surface area contributed by atoms with Crippen LogP contribution < -0.4 is 11.1 Å². The SMILES string of the molecule is Cc1cc(NC(=O)c2c(N)c(C)nn2C)ncc1Br. The van der Waals surface area contributed by atoms with Crippen LogP contribution in [0.1, 0.15) is 21.7 Å². The van der Waals surface area contributed by atoms with E-state index >= 15 is 0 Å². The molecule has 7 heteroatoms. The summed E-state index contributed by atoms with van der Waals surface area (Å²) < 4.78 is 2.35. The van der Waals surface area contributed by atoms with Gasteiger partial charge in [0.05, 0.1) is 11.4 Å². The predicted octanol–water partition coefficient (Wildman–Crippen LogP) is 2.03. The Morgan fingerprint density at radius 2 is 2.16 bits per heavy atom. The van der Waals surface area contributed by atoms with Crippen LogP contribution in [0.5, 0.6) is 0 Å². The lowest BCUT2D eigenvalue weighted by molar-refractivity contribution is 0.101. The van der Waals surface area contributed by atoms with E-state index in [1.807, 2.05) is 6.92 Å². The highest BCUT2D eigenvalue weighted by molar-refractivity contribution is 9.10. The van der Waals surface area contributed by atoms with E-state index in [1.165, 1.54) is 4.68 Å². The Morgan fingerprint density at radius 1 is 1.47 bits per heavy atom. The van der Waals surface area contributed by atoms with Gasteiger partial charge in [-0.1, -0.05) is 0 Å². The Hall–Kier alpha value is -1.89. The molecule has 0 aromatic carbocycles. The molecule has 0 spiro atoms.